The predicted octanol–water partition coefficient (Wildman–Crippen LogP) is 4.74. The van der Waals surface area contributed by atoms with Crippen LogP contribution in [0.25, 0.3) is 11.1 Å². The van der Waals surface area contributed by atoms with Gasteiger partial charge >= 0.3 is 12.1 Å². The molecule has 0 aliphatic heterocycles. The highest BCUT2D eigenvalue weighted by Crippen LogP contribution is 2.21. The number of rotatable bonds is 6. The Labute approximate surface area is 167 Å². The summed E-state index contributed by atoms with van der Waals surface area (Å²) in [7, 11) is 0. The van der Waals surface area contributed by atoms with Gasteiger partial charge in [-0.05, 0) is 51.3 Å². The van der Waals surface area contributed by atoms with Crippen LogP contribution in [0.2, 0.25) is 0 Å². The molecule has 150 valence electrons. The lowest BCUT2D eigenvalue weighted by Gasteiger charge is -2.22. The third-order valence-corrected chi connectivity index (χ3v) is 3.96. The highest BCUT2D eigenvalue weighted by Gasteiger charge is 2.23. The van der Waals surface area contributed by atoms with Gasteiger partial charge in [0.2, 0.25) is 0 Å². The average Bonchev–Trinajstić information content (AvgIpc) is 2.60. The van der Waals surface area contributed by atoms with E-state index in [-0.39, 0.29) is 6.10 Å². The highest BCUT2D eigenvalue weighted by atomic mass is 16.6. The van der Waals surface area contributed by atoms with Gasteiger partial charge in [-0.2, -0.15) is 0 Å². The van der Waals surface area contributed by atoms with Crippen molar-refractivity contribution < 1.29 is 19.1 Å². The van der Waals surface area contributed by atoms with Gasteiger partial charge in [0.15, 0.2) is 0 Å². The monoisotopic (exact) mass is 383 g/mol. The molecule has 0 saturated carbocycles. The molecule has 0 bridgehead atoms. The molecule has 0 heterocycles. The molecule has 2 aromatic rings. The van der Waals surface area contributed by atoms with E-state index in [9.17, 15) is 9.59 Å². The second-order valence-electron chi connectivity index (χ2n) is 7.89. The Balaban J connectivity index is 1.90. The van der Waals surface area contributed by atoms with E-state index in [1.165, 1.54) is 0 Å². The molecule has 0 fully saturated rings. The molecule has 0 spiro atoms. The fraction of sp³-hybridized carbons (Fsp3) is 0.391. The maximum atomic E-state index is 12.2. The quantitative estimate of drug-likeness (QED) is 0.732. The molecule has 0 saturated heterocycles. The van der Waals surface area contributed by atoms with Gasteiger partial charge in [-0.3, -0.25) is 0 Å². The first-order chi connectivity index (χ1) is 13.1. The van der Waals surface area contributed by atoms with Crippen LogP contribution in [0, 0.1) is 0 Å². The minimum absolute atomic E-state index is 0.318. The Hall–Kier alpha value is -2.82. The Morgan fingerprint density at radius 1 is 0.964 bits per heavy atom. The Bertz CT molecular complexity index is 796. The van der Waals surface area contributed by atoms with Crippen LogP contribution >= 0.6 is 0 Å². The standard InChI is InChI=1S/C23H29NO4/c1-16(27-21(25)17(2)24-22(26)28-23(3,4)5)14-18-10-9-13-20(15-18)19-11-7-6-8-12-19/h6-13,15-17H,14H2,1-5H3,(H,24,26)/t16?,17-/m0/s1. The molecule has 1 N–H and O–H groups in total. The predicted molar refractivity (Wildman–Crippen MR) is 110 cm³/mol. The van der Waals surface area contributed by atoms with Crippen molar-refractivity contribution in [3.05, 3.63) is 60.2 Å². The number of carbonyl (C=O) groups excluding carboxylic acids is 2. The molecule has 0 radical (unpaired) electrons. The maximum Gasteiger partial charge on any atom is 0.408 e. The van der Waals surface area contributed by atoms with E-state index in [1.807, 2.05) is 37.3 Å². The number of benzene rings is 2. The van der Waals surface area contributed by atoms with E-state index in [4.69, 9.17) is 9.47 Å². The lowest BCUT2D eigenvalue weighted by atomic mass is 10.0. The van der Waals surface area contributed by atoms with Gasteiger partial charge < -0.3 is 14.8 Å². The number of esters is 1. The second-order valence-corrected chi connectivity index (χ2v) is 7.89. The first-order valence-corrected chi connectivity index (χ1v) is 9.48. The number of ether oxygens (including phenoxy) is 2. The van der Waals surface area contributed by atoms with E-state index in [2.05, 4.69) is 29.6 Å². The Morgan fingerprint density at radius 2 is 1.61 bits per heavy atom. The topological polar surface area (TPSA) is 64.6 Å². The molecule has 1 amide bonds. The molecule has 2 rings (SSSR count). The Kier molecular flexibility index (Phi) is 7.21. The van der Waals surface area contributed by atoms with Crippen molar-refractivity contribution in [2.75, 3.05) is 0 Å². The molecule has 2 aromatic carbocycles. The van der Waals surface area contributed by atoms with Crippen LogP contribution in [0.4, 0.5) is 4.79 Å². The molecule has 0 aliphatic carbocycles. The molecule has 0 aromatic heterocycles. The molecule has 28 heavy (non-hydrogen) atoms. The fourth-order valence-electron chi connectivity index (χ4n) is 2.73. The van der Waals surface area contributed by atoms with Crippen LogP contribution in [-0.2, 0) is 20.7 Å². The summed E-state index contributed by atoms with van der Waals surface area (Å²) in [6.07, 6.45) is -0.368. The van der Waals surface area contributed by atoms with Crippen molar-refractivity contribution in [3.63, 3.8) is 0 Å². The second kappa shape index (κ2) is 9.40. The summed E-state index contributed by atoms with van der Waals surface area (Å²) < 4.78 is 10.6. The van der Waals surface area contributed by atoms with Gasteiger partial charge in [0.05, 0.1) is 0 Å². The smallest absolute Gasteiger partial charge is 0.408 e. The van der Waals surface area contributed by atoms with Gasteiger partial charge in [-0.25, -0.2) is 9.59 Å². The molecule has 0 aliphatic rings. The summed E-state index contributed by atoms with van der Waals surface area (Å²) in [4.78, 5) is 24.0. The van der Waals surface area contributed by atoms with Gasteiger partial charge in [0, 0.05) is 6.42 Å². The number of hydrogen-bond donors (Lipinski definition) is 1. The number of amides is 1. The van der Waals surface area contributed by atoms with Gasteiger partial charge in [0.25, 0.3) is 0 Å². The van der Waals surface area contributed by atoms with Crippen LogP contribution in [0.1, 0.15) is 40.2 Å². The summed E-state index contributed by atoms with van der Waals surface area (Å²) in [5.41, 5.74) is 2.72. The van der Waals surface area contributed by atoms with Crippen LogP contribution in [-0.4, -0.2) is 29.8 Å². The molecule has 2 atom stereocenters. The summed E-state index contributed by atoms with van der Waals surface area (Å²) in [6.45, 7) is 8.71. The maximum absolute atomic E-state index is 12.2. The normalized spacial score (nSPS) is 13.3. The minimum atomic E-state index is -0.784. The lowest BCUT2D eigenvalue weighted by Crippen LogP contribution is -2.43. The van der Waals surface area contributed by atoms with Crippen LogP contribution in [0.5, 0.6) is 0 Å². The first-order valence-electron chi connectivity index (χ1n) is 9.48. The highest BCUT2D eigenvalue weighted by molar-refractivity contribution is 5.81. The van der Waals surface area contributed by atoms with E-state index >= 15 is 0 Å². The van der Waals surface area contributed by atoms with E-state index < -0.39 is 23.7 Å². The molecular weight excluding hydrogens is 354 g/mol. The lowest BCUT2D eigenvalue weighted by molar-refractivity contribution is -0.150. The number of hydrogen-bond acceptors (Lipinski definition) is 4. The van der Waals surface area contributed by atoms with Crippen molar-refractivity contribution in [3.8, 4) is 11.1 Å². The van der Waals surface area contributed by atoms with E-state index in [0.29, 0.717) is 6.42 Å². The van der Waals surface area contributed by atoms with E-state index in [0.717, 1.165) is 16.7 Å². The Morgan fingerprint density at radius 3 is 2.25 bits per heavy atom. The van der Waals surface area contributed by atoms with Gasteiger partial charge in [0.1, 0.15) is 17.7 Å². The van der Waals surface area contributed by atoms with Gasteiger partial charge in [-0.1, -0.05) is 54.6 Å². The summed E-state index contributed by atoms with van der Waals surface area (Å²) in [5.74, 6) is -0.488. The largest absolute Gasteiger partial charge is 0.461 e. The van der Waals surface area contributed by atoms with Crippen LogP contribution in [0.15, 0.2) is 54.6 Å². The summed E-state index contributed by atoms with van der Waals surface area (Å²) >= 11 is 0. The van der Waals surface area contributed by atoms with Crippen molar-refractivity contribution >= 4 is 12.1 Å². The number of alkyl carbamates (subject to hydrolysis) is 1. The van der Waals surface area contributed by atoms with Crippen molar-refractivity contribution in [1.29, 1.82) is 0 Å². The minimum Gasteiger partial charge on any atom is -0.461 e. The third-order valence-electron chi connectivity index (χ3n) is 3.96. The molecule has 1 unspecified atom stereocenters. The summed E-state index contributed by atoms with van der Waals surface area (Å²) in [5, 5.41) is 2.50. The SMILES string of the molecule is CC(Cc1cccc(-c2ccccc2)c1)OC(=O)[C@H](C)NC(=O)OC(C)(C)C. The van der Waals surface area contributed by atoms with E-state index in [1.54, 1.807) is 27.7 Å². The van der Waals surface area contributed by atoms with Gasteiger partial charge in [-0.15, -0.1) is 0 Å². The molecular formula is C23H29NO4. The number of carbonyl (C=O) groups is 2. The third kappa shape index (κ3) is 7.06. The summed E-state index contributed by atoms with van der Waals surface area (Å²) in [6, 6.07) is 17.5. The fourth-order valence-corrected chi connectivity index (χ4v) is 2.73. The van der Waals surface area contributed by atoms with Crippen molar-refractivity contribution in [1.82, 2.24) is 5.32 Å². The zero-order valence-electron chi connectivity index (χ0n) is 17.2. The molecule has 5 heteroatoms. The van der Waals surface area contributed by atoms with Crippen molar-refractivity contribution in [2.24, 2.45) is 0 Å². The average molecular weight is 383 g/mol. The van der Waals surface area contributed by atoms with Crippen molar-refractivity contribution in [2.45, 2.75) is 58.8 Å². The zero-order chi connectivity index (χ0) is 20.7. The van der Waals surface area contributed by atoms with Crippen LogP contribution < -0.4 is 5.32 Å². The zero-order valence-corrected chi connectivity index (χ0v) is 17.2. The van der Waals surface area contributed by atoms with Crippen LogP contribution in [0.3, 0.4) is 0 Å². The molecule has 5 nitrogen and oxygen atoms in total. The number of nitrogens with one attached hydrogen (secondary N) is 1. The first kappa shape index (κ1) is 21.5.